The number of rotatable bonds is 6. The maximum Gasteiger partial charge on any atom is 0.323 e. The first-order chi connectivity index (χ1) is 18.9. The number of benzene rings is 2. The average Bonchev–Trinajstić information content (AvgIpc) is 3.65. The van der Waals surface area contributed by atoms with Crippen LogP contribution in [0.15, 0.2) is 66.0 Å². The van der Waals surface area contributed by atoms with E-state index in [1.54, 1.807) is 12.2 Å². The molecule has 1 aliphatic carbocycles. The molecule has 2 atom stereocenters. The van der Waals surface area contributed by atoms with E-state index < -0.39 is 18.1 Å². The Hall–Kier alpha value is -3.47. The summed E-state index contributed by atoms with van der Waals surface area (Å²) in [5.41, 5.74) is 4.10. The van der Waals surface area contributed by atoms with Crippen LogP contribution >= 0.6 is 35.3 Å². The minimum absolute atomic E-state index is 0.249. The summed E-state index contributed by atoms with van der Waals surface area (Å²) in [7, 11) is 0. The highest BCUT2D eigenvalue weighted by molar-refractivity contribution is 8.30. The van der Waals surface area contributed by atoms with Gasteiger partial charge in [-0.1, -0.05) is 60.7 Å². The highest BCUT2D eigenvalue weighted by Gasteiger charge is 2.42. The topological polar surface area (TPSA) is 82.9 Å². The second-order valence-electron chi connectivity index (χ2n) is 9.73. The fourth-order valence-corrected chi connectivity index (χ4v) is 8.35. The molecule has 2 fully saturated rings. The summed E-state index contributed by atoms with van der Waals surface area (Å²) in [6.07, 6.45) is 6.81. The third-order valence-corrected chi connectivity index (χ3v) is 10.1. The molecule has 3 aliphatic rings. The number of para-hydroxylation sites is 1. The Morgan fingerprint density at radius 1 is 1.15 bits per heavy atom. The highest BCUT2D eigenvalue weighted by atomic mass is 32.2. The Kier molecular flexibility index (Phi) is 6.78. The molecule has 1 N–H and O–H groups in total. The lowest BCUT2D eigenvalue weighted by Crippen LogP contribution is -2.35. The first kappa shape index (κ1) is 25.8. The molecular formula is C29H25N3O4S3. The van der Waals surface area contributed by atoms with Gasteiger partial charge in [-0.2, -0.15) is 0 Å². The second kappa shape index (κ2) is 10.3. The summed E-state index contributed by atoms with van der Waals surface area (Å²) < 4.78 is 2.21. The number of hydrogen-bond acceptors (Lipinski definition) is 7. The molecule has 0 spiro atoms. The number of hydrogen-bond donors (Lipinski definition) is 1. The van der Waals surface area contributed by atoms with Crippen LogP contribution in [0.4, 0.5) is 11.4 Å². The maximum absolute atomic E-state index is 13.4. The number of thiazole rings is 1. The van der Waals surface area contributed by atoms with E-state index >= 15 is 0 Å². The van der Waals surface area contributed by atoms with Crippen molar-refractivity contribution in [3.8, 4) is 0 Å². The van der Waals surface area contributed by atoms with E-state index in [4.69, 9.17) is 12.2 Å². The Morgan fingerprint density at radius 3 is 2.69 bits per heavy atom. The lowest BCUT2D eigenvalue weighted by Gasteiger charge is -2.27. The Balaban J connectivity index is 1.47. The van der Waals surface area contributed by atoms with Crippen molar-refractivity contribution in [1.82, 2.24) is 9.47 Å². The molecule has 39 heavy (non-hydrogen) atoms. The van der Waals surface area contributed by atoms with Crippen molar-refractivity contribution >= 4 is 73.9 Å². The molecule has 1 saturated heterocycles. The lowest BCUT2D eigenvalue weighted by molar-refractivity contribution is -0.137. The number of carbonyl (C=O) groups excluding carboxylic acids is 1. The van der Waals surface area contributed by atoms with Gasteiger partial charge in [0.15, 0.2) is 0 Å². The van der Waals surface area contributed by atoms with Crippen LogP contribution in [0.3, 0.4) is 0 Å². The van der Waals surface area contributed by atoms with Crippen LogP contribution in [0.2, 0.25) is 0 Å². The second-order valence-corrected chi connectivity index (χ2v) is 12.4. The molecule has 198 valence electrons. The van der Waals surface area contributed by atoms with Gasteiger partial charge in [-0.25, -0.2) is 0 Å². The number of carbonyl (C=O) groups is 2. The Labute approximate surface area is 238 Å². The number of aliphatic carboxylic acids is 1. The molecule has 10 heteroatoms. The molecule has 6 rings (SSSR count). The van der Waals surface area contributed by atoms with Crippen molar-refractivity contribution in [1.29, 1.82) is 0 Å². The predicted octanol–water partition coefficient (Wildman–Crippen LogP) is 3.77. The maximum atomic E-state index is 13.4. The van der Waals surface area contributed by atoms with Gasteiger partial charge in [0.1, 0.15) is 20.4 Å². The smallest absolute Gasteiger partial charge is 0.323 e. The first-order valence-corrected chi connectivity index (χ1v) is 14.7. The van der Waals surface area contributed by atoms with Gasteiger partial charge in [-0.15, -0.1) is 17.9 Å². The van der Waals surface area contributed by atoms with Gasteiger partial charge >= 0.3 is 5.97 Å². The zero-order chi connectivity index (χ0) is 27.3. The minimum atomic E-state index is -1.16. The third kappa shape index (κ3) is 4.46. The zero-order valence-corrected chi connectivity index (χ0v) is 23.4. The fourth-order valence-electron chi connectivity index (χ4n) is 5.82. The van der Waals surface area contributed by atoms with Gasteiger partial charge in [0.05, 0.1) is 4.53 Å². The summed E-state index contributed by atoms with van der Waals surface area (Å²) in [4.78, 5) is 42.2. The minimum Gasteiger partial charge on any atom is -0.480 e. The van der Waals surface area contributed by atoms with E-state index in [2.05, 4.69) is 47.9 Å². The highest BCUT2D eigenvalue weighted by Crippen LogP contribution is 2.52. The molecule has 0 radical (unpaired) electrons. The van der Waals surface area contributed by atoms with Gasteiger partial charge in [0, 0.05) is 29.9 Å². The third-order valence-electron chi connectivity index (χ3n) is 7.41. The number of thiocarbonyl (C=S) groups is 1. The van der Waals surface area contributed by atoms with Crippen LogP contribution in [0.5, 0.6) is 0 Å². The standard InChI is InChI=1S/C29H25N3O4S3/c1-2-13-30-27(36)25(39-29(30)37)28-31(16-24(33)34)26(35)23(38-28)15-17-11-12-22-20(14-17)19-9-6-10-21(19)32(22)18-7-4-3-5-8-18/h2-5,7-8,11-12,14-15,19,21H,1,6,9-10,13,16H2,(H,33,34)/b23-15+,28-25+. The number of nitrogens with zero attached hydrogens (tertiary/aromatic N) is 3. The molecule has 3 heterocycles. The molecule has 0 bridgehead atoms. The van der Waals surface area contributed by atoms with E-state index in [1.807, 2.05) is 12.1 Å². The van der Waals surface area contributed by atoms with Crippen LogP contribution in [0, 0.1) is 0 Å². The molecule has 1 amide bonds. The number of anilines is 2. The molecule has 1 aromatic heterocycles. The first-order valence-electron chi connectivity index (χ1n) is 12.7. The van der Waals surface area contributed by atoms with Crippen LogP contribution in [0.1, 0.15) is 36.3 Å². The zero-order valence-electron chi connectivity index (χ0n) is 20.9. The van der Waals surface area contributed by atoms with E-state index in [9.17, 15) is 19.5 Å². The van der Waals surface area contributed by atoms with E-state index in [0.29, 0.717) is 25.5 Å². The predicted molar refractivity (Wildman–Crippen MR) is 160 cm³/mol. The summed E-state index contributed by atoms with van der Waals surface area (Å²) in [6.45, 7) is 3.38. The molecule has 2 aliphatic heterocycles. The normalized spacial score (nSPS) is 22.0. The van der Waals surface area contributed by atoms with Crippen molar-refractivity contribution in [3.63, 3.8) is 0 Å². The van der Waals surface area contributed by atoms with Gasteiger partial charge in [-0.3, -0.25) is 23.9 Å². The Bertz CT molecular complexity index is 1710. The number of amides is 1. The number of carboxylic acids is 1. The van der Waals surface area contributed by atoms with E-state index in [1.165, 1.54) is 28.3 Å². The van der Waals surface area contributed by atoms with Crippen LogP contribution < -0.4 is 19.7 Å². The van der Waals surface area contributed by atoms with Gasteiger partial charge < -0.3 is 10.0 Å². The number of thioether (sulfide) groups is 1. The van der Waals surface area contributed by atoms with E-state index in [0.717, 1.165) is 46.1 Å². The number of carboxylic acid groups (broad SMARTS) is 1. The summed E-state index contributed by atoms with van der Waals surface area (Å²) >= 11 is 7.56. The van der Waals surface area contributed by atoms with Crippen LogP contribution in [-0.2, 0) is 16.1 Å². The fraction of sp³-hybridized carbons (Fsp3) is 0.241. The molecule has 3 aromatic rings. The van der Waals surface area contributed by atoms with Crippen molar-refractivity contribution < 1.29 is 14.7 Å². The molecule has 7 nitrogen and oxygen atoms in total. The van der Waals surface area contributed by atoms with Crippen molar-refractivity contribution in [2.45, 2.75) is 37.8 Å². The molecule has 2 aromatic carbocycles. The summed E-state index contributed by atoms with van der Waals surface area (Å²) in [5.74, 6) is -1.08. The Morgan fingerprint density at radius 2 is 1.95 bits per heavy atom. The lowest BCUT2D eigenvalue weighted by atomic mass is 9.96. The van der Waals surface area contributed by atoms with Crippen LogP contribution in [0.25, 0.3) is 11.0 Å². The average molecular weight is 576 g/mol. The quantitative estimate of drug-likeness (QED) is 0.354. The number of aromatic nitrogens is 1. The molecule has 2 unspecified atom stereocenters. The van der Waals surface area contributed by atoms with Gasteiger partial charge in [0.2, 0.25) is 0 Å². The SMILES string of the molecule is C=CCN1C(=O)/C(=c2\s/c(=C/c3ccc4c(c3)C3CCCC3N4c3ccccc3)c(=O)n2CC(=O)O)SC1=S. The molecule has 1 saturated carbocycles. The summed E-state index contributed by atoms with van der Waals surface area (Å²) in [5, 5.41) is 9.50. The van der Waals surface area contributed by atoms with Gasteiger partial charge in [-0.05, 0) is 54.3 Å². The number of fused-ring (bicyclic) bond motifs is 3. The van der Waals surface area contributed by atoms with E-state index in [-0.39, 0.29) is 17.4 Å². The van der Waals surface area contributed by atoms with Crippen molar-refractivity contribution in [2.24, 2.45) is 0 Å². The van der Waals surface area contributed by atoms with Crippen LogP contribution in [-0.4, -0.2) is 43.4 Å². The summed E-state index contributed by atoms with van der Waals surface area (Å²) in [6, 6.07) is 17.1. The monoisotopic (exact) mass is 575 g/mol. The van der Waals surface area contributed by atoms with Crippen molar-refractivity contribution in [2.75, 3.05) is 11.4 Å². The van der Waals surface area contributed by atoms with Gasteiger partial charge in [0.25, 0.3) is 11.5 Å². The van der Waals surface area contributed by atoms with Crippen molar-refractivity contribution in [3.05, 3.63) is 91.9 Å². The largest absolute Gasteiger partial charge is 0.480 e. The molecular weight excluding hydrogens is 551 g/mol.